The van der Waals surface area contributed by atoms with Crippen LogP contribution >= 0.6 is 0 Å². The molecule has 96 valence electrons. The summed E-state index contributed by atoms with van der Waals surface area (Å²) in [7, 11) is 0. The molecule has 1 aromatic heterocycles. The van der Waals surface area contributed by atoms with E-state index in [-0.39, 0.29) is 5.41 Å². The molecular weight excluding hydrogens is 234 g/mol. The molecule has 1 aliphatic carbocycles. The van der Waals surface area contributed by atoms with Gasteiger partial charge in [-0.05, 0) is 30.4 Å². The summed E-state index contributed by atoms with van der Waals surface area (Å²) >= 11 is 0. The molecule has 1 N–H and O–H groups in total. The van der Waals surface area contributed by atoms with Crippen LogP contribution in [0.15, 0.2) is 30.5 Å². The van der Waals surface area contributed by atoms with Gasteiger partial charge in [-0.1, -0.05) is 37.6 Å². The predicted molar refractivity (Wildman–Crippen MR) is 74.5 cm³/mol. The van der Waals surface area contributed by atoms with E-state index < -0.39 is 0 Å². The smallest absolute Gasteiger partial charge is 0.127 e. The second-order valence-electron chi connectivity index (χ2n) is 5.29. The van der Waals surface area contributed by atoms with Gasteiger partial charge in [0, 0.05) is 0 Å². The Morgan fingerprint density at radius 2 is 2.05 bits per heavy atom. The van der Waals surface area contributed by atoms with E-state index in [1.54, 1.807) is 0 Å². The van der Waals surface area contributed by atoms with Gasteiger partial charge in [0.1, 0.15) is 11.2 Å². The number of imidazole rings is 1. The van der Waals surface area contributed by atoms with Gasteiger partial charge < -0.3 is 4.98 Å². The summed E-state index contributed by atoms with van der Waals surface area (Å²) in [4.78, 5) is 7.68. The summed E-state index contributed by atoms with van der Waals surface area (Å²) in [6.07, 6.45) is 5.96. The Labute approximate surface area is 113 Å². The maximum Gasteiger partial charge on any atom is 0.127 e. The number of H-pyrrole nitrogens is 1. The van der Waals surface area contributed by atoms with E-state index in [0.29, 0.717) is 0 Å². The monoisotopic (exact) mass is 251 g/mol. The first-order chi connectivity index (χ1) is 9.27. The van der Waals surface area contributed by atoms with E-state index in [0.717, 1.165) is 42.8 Å². The van der Waals surface area contributed by atoms with Gasteiger partial charge in [0.2, 0.25) is 0 Å². The van der Waals surface area contributed by atoms with Crippen LogP contribution in [0, 0.1) is 11.3 Å². The second kappa shape index (κ2) is 4.55. The maximum absolute atomic E-state index is 9.18. The zero-order valence-corrected chi connectivity index (χ0v) is 11.1. The molecule has 0 bridgehead atoms. The summed E-state index contributed by atoms with van der Waals surface area (Å²) < 4.78 is 0. The lowest BCUT2D eigenvalue weighted by Crippen LogP contribution is -2.04. The molecule has 0 radical (unpaired) electrons. The van der Waals surface area contributed by atoms with E-state index in [2.05, 4.69) is 47.2 Å². The first kappa shape index (κ1) is 12.0. The third kappa shape index (κ3) is 2.15. The summed E-state index contributed by atoms with van der Waals surface area (Å²) in [5.41, 5.74) is 3.16. The lowest BCUT2D eigenvalue weighted by molar-refractivity contribution is 0.822. The largest absolute Gasteiger partial charge is 0.341 e. The first-order valence-electron chi connectivity index (χ1n) is 6.83. The quantitative estimate of drug-likeness (QED) is 0.902. The summed E-state index contributed by atoms with van der Waals surface area (Å²) in [5.74, 6) is 0.822. The third-order valence-electron chi connectivity index (χ3n) is 3.80. The molecule has 1 heterocycles. The van der Waals surface area contributed by atoms with Crippen LogP contribution in [0.2, 0.25) is 0 Å². The Balaban J connectivity index is 1.85. The standard InChI is InChI=1S/C16H17N3/c1-2-3-12-4-6-13(7-5-12)14-10-18-15(19-14)16(11-17)8-9-16/h4-7,10H,2-3,8-9H2,1H3,(H,18,19). The number of nitrogens with zero attached hydrogens (tertiary/aromatic N) is 2. The number of rotatable bonds is 4. The van der Waals surface area contributed by atoms with Crippen molar-refractivity contribution in [1.29, 1.82) is 5.26 Å². The van der Waals surface area contributed by atoms with Gasteiger partial charge in [0.25, 0.3) is 0 Å². The van der Waals surface area contributed by atoms with Crippen molar-refractivity contribution in [2.45, 2.75) is 38.0 Å². The number of benzene rings is 1. The molecule has 3 rings (SSSR count). The van der Waals surface area contributed by atoms with E-state index >= 15 is 0 Å². The average Bonchev–Trinajstić information content (AvgIpc) is 3.09. The number of aryl methyl sites for hydroxylation is 1. The zero-order chi connectivity index (χ0) is 13.3. The topological polar surface area (TPSA) is 52.5 Å². The van der Waals surface area contributed by atoms with Gasteiger partial charge in [-0.25, -0.2) is 4.98 Å². The highest BCUT2D eigenvalue weighted by atomic mass is 15.0. The van der Waals surface area contributed by atoms with Crippen molar-refractivity contribution in [3.05, 3.63) is 41.9 Å². The Kier molecular flexibility index (Phi) is 2.87. The SMILES string of the molecule is CCCc1ccc(-c2cnc(C3(C#N)CC3)[nH]2)cc1. The van der Waals surface area contributed by atoms with Gasteiger partial charge in [0.15, 0.2) is 0 Å². The number of aromatic amines is 1. The molecule has 0 unspecified atom stereocenters. The number of nitriles is 1. The highest BCUT2D eigenvalue weighted by Gasteiger charge is 2.47. The fourth-order valence-corrected chi connectivity index (χ4v) is 2.38. The molecule has 0 atom stereocenters. The van der Waals surface area contributed by atoms with E-state index in [4.69, 9.17) is 0 Å². The van der Waals surface area contributed by atoms with Gasteiger partial charge in [0.05, 0.1) is 18.0 Å². The molecule has 3 nitrogen and oxygen atoms in total. The third-order valence-corrected chi connectivity index (χ3v) is 3.80. The zero-order valence-electron chi connectivity index (χ0n) is 11.1. The number of aromatic nitrogens is 2. The lowest BCUT2D eigenvalue weighted by Gasteiger charge is -2.02. The molecule has 0 saturated heterocycles. The van der Waals surface area contributed by atoms with Crippen molar-refractivity contribution in [3.63, 3.8) is 0 Å². The number of hydrogen-bond donors (Lipinski definition) is 1. The maximum atomic E-state index is 9.18. The normalized spacial score (nSPS) is 16.0. The highest BCUT2D eigenvalue weighted by molar-refractivity contribution is 5.59. The molecule has 1 saturated carbocycles. The van der Waals surface area contributed by atoms with Gasteiger partial charge in [-0.3, -0.25) is 0 Å². The minimum Gasteiger partial charge on any atom is -0.341 e. The van der Waals surface area contributed by atoms with Crippen LogP contribution in [0.4, 0.5) is 0 Å². The van der Waals surface area contributed by atoms with Crippen LogP contribution in [0.25, 0.3) is 11.3 Å². The molecule has 19 heavy (non-hydrogen) atoms. The van der Waals surface area contributed by atoms with E-state index in [1.807, 2.05) is 6.20 Å². The van der Waals surface area contributed by atoms with Crippen molar-refractivity contribution < 1.29 is 0 Å². The van der Waals surface area contributed by atoms with Crippen LogP contribution in [0.5, 0.6) is 0 Å². The van der Waals surface area contributed by atoms with Crippen LogP contribution in [-0.2, 0) is 11.8 Å². The van der Waals surface area contributed by atoms with Crippen molar-refractivity contribution >= 4 is 0 Å². The predicted octanol–water partition coefficient (Wildman–Crippen LogP) is 3.58. The van der Waals surface area contributed by atoms with Crippen molar-refractivity contribution in [1.82, 2.24) is 9.97 Å². The number of hydrogen-bond acceptors (Lipinski definition) is 2. The van der Waals surface area contributed by atoms with Crippen LogP contribution in [-0.4, -0.2) is 9.97 Å². The Bertz CT molecular complexity index is 612. The fraction of sp³-hybridized carbons (Fsp3) is 0.375. The molecule has 1 aromatic carbocycles. The minimum atomic E-state index is -0.333. The van der Waals surface area contributed by atoms with Crippen LogP contribution in [0.3, 0.4) is 0 Å². The Morgan fingerprint density at radius 3 is 2.63 bits per heavy atom. The molecule has 0 spiro atoms. The van der Waals surface area contributed by atoms with Crippen LogP contribution < -0.4 is 0 Å². The van der Waals surface area contributed by atoms with Crippen LogP contribution in [0.1, 0.15) is 37.6 Å². The number of nitrogens with one attached hydrogen (secondary N) is 1. The average molecular weight is 251 g/mol. The molecule has 0 amide bonds. The van der Waals surface area contributed by atoms with Gasteiger partial charge in [-0.2, -0.15) is 5.26 Å². The second-order valence-corrected chi connectivity index (χ2v) is 5.29. The lowest BCUT2D eigenvalue weighted by atomic mass is 10.1. The summed E-state index contributed by atoms with van der Waals surface area (Å²) in [6, 6.07) is 10.9. The summed E-state index contributed by atoms with van der Waals surface area (Å²) in [6.45, 7) is 2.19. The van der Waals surface area contributed by atoms with Crippen molar-refractivity contribution in [2.75, 3.05) is 0 Å². The molecule has 1 fully saturated rings. The molecule has 0 aliphatic heterocycles. The van der Waals surface area contributed by atoms with Crippen molar-refractivity contribution in [2.24, 2.45) is 0 Å². The van der Waals surface area contributed by atoms with Gasteiger partial charge in [-0.15, -0.1) is 0 Å². The van der Waals surface area contributed by atoms with Crippen molar-refractivity contribution in [3.8, 4) is 17.3 Å². The Hall–Kier alpha value is -2.08. The molecule has 2 aromatic rings. The molecular formula is C16H17N3. The summed E-state index contributed by atoms with van der Waals surface area (Å²) in [5, 5.41) is 9.18. The molecule has 1 aliphatic rings. The fourth-order valence-electron chi connectivity index (χ4n) is 2.38. The van der Waals surface area contributed by atoms with Gasteiger partial charge >= 0.3 is 0 Å². The molecule has 3 heteroatoms. The Morgan fingerprint density at radius 1 is 1.32 bits per heavy atom. The van der Waals surface area contributed by atoms with E-state index in [9.17, 15) is 5.26 Å². The van der Waals surface area contributed by atoms with E-state index in [1.165, 1.54) is 5.56 Å². The minimum absolute atomic E-state index is 0.333. The first-order valence-corrected chi connectivity index (χ1v) is 6.83. The highest BCUT2D eigenvalue weighted by Crippen LogP contribution is 2.46.